The van der Waals surface area contributed by atoms with E-state index in [9.17, 15) is 9.59 Å². The highest BCUT2D eigenvalue weighted by molar-refractivity contribution is 6.00. The predicted octanol–water partition coefficient (Wildman–Crippen LogP) is 1.49. The molecule has 7 heteroatoms. The van der Waals surface area contributed by atoms with E-state index in [1.165, 1.54) is 29.3 Å². The number of hydrogen-bond acceptors (Lipinski definition) is 5. The van der Waals surface area contributed by atoms with Gasteiger partial charge in [0.25, 0.3) is 0 Å². The van der Waals surface area contributed by atoms with Gasteiger partial charge >= 0.3 is 5.97 Å². The van der Waals surface area contributed by atoms with Crippen LogP contribution in [-0.4, -0.2) is 39.8 Å². The maximum Gasteiger partial charge on any atom is 0.328 e. The first kappa shape index (κ1) is 16.7. The standard InChI is InChI=1S/C16H20N4O3/c1-11-6-5-7-12(2)15(11)20(13(3)16(22)23-4)14(21)8-19-10-17-9-18-19/h5-7,9-10,13H,8H2,1-4H3. The van der Waals surface area contributed by atoms with Gasteiger partial charge in [-0.2, -0.15) is 5.10 Å². The van der Waals surface area contributed by atoms with E-state index < -0.39 is 12.0 Å². The summed E-state index contributed by atoms with van der Waals surface area (Å²) < 4.78 is 6.24. The number of aryl methyl sites for hydroxylation is 2. The van der Waals surface area contributed by atoms with Crippen molar-refractivity contribution in [3.63, 3.8) is 0 Å². The molecule has 1 aromatic heterocycles. The van der Waals surface area contributed by atoms with Crippen LogP contribution in [0.1, 0.15) is 18.1 Å². The van der Waals surface area contributed by atoms with Crippen molar-refractivity contribution < 1.29 is 14.3 Å². The van der Waals surface area contributed by atoms with Crippen LogP contribution in [0.3, 0.4) is 0 Å². The molecule has 7 nitrogen and oxygen atoms in total. The minimum absolute atomic E-state index is 0.00485. The number of para-hydroxylation sites is 1. The third-order valence-electron chi connectivity index (χ3n) is 3.64. The molecule has 0 spiro atoms. The highest BCUT2D eigenvalue weighted by Gasteiger charge is 2.30. The maximum atomic E-state index is 12.8. The molecule has 0 radical (unpaired) electrons. The molecular weight excluding hydrogens is 296 g/mol. The molecule has 1 amide bonds. The second-order valence-corrected chi connectivity index (χ2v) is 5.30. The van der Waals surface area contributed by atoms with Gasteiger partial charge < -0.3 is 4.74 Å². The smallest absolute Gasteiger partial charge is 0.328 e. The highest BCUT2D eigenvalue weighted by atomic mass is 16.5. The lowest BCUT2D eigenvalue weighted by atomic mass is 10.1. The van der Waals surface area contributed by atoms with Gasteiger partial charge in [-0.15, -0.1) is 0 Å². The summed E-state index contributed by atoms with van der Waals surface area (Å²) in [6.07, 6.45) is 2.82. The van der Waals surface area contributed by atoms with E-state index in [1.54, 1.807) is 6.92 Å². The molecule has 0 aliphatic carbocycles. The zero-order valence-electron chi connectivity index (χ0n) is 13.7. The van der Waals surface area contributed by atoms with Crippen LogP contribution < -0.4 is 4.90 Å². The third kappa shape index (κ3) is 3.56. The highest BCUT2D eigenvalue weighted by Crippen LogP contribution is 2.27. The summed E-state index contributed by atoms with van der Waals surface area (Å²) in [7, 11) is 1.31. The molecule has 0 N–H and O–H groups in total. The summed E-state index contributed by atoms with van der Waals surface area (Å²) in [6.45, 7) is 5.45. The number of carbonyl (C=O) groups excluding carboxylic acids is 2. The lowest BCUT2D eigenvalue weighted by molar-refractivity contribution is -0.143. The summed E-state index contributed by atoms with van der Waals surface area (Å²) in [5.74, 6) is -0.731. The Balaban J connectivity index is 2.43. The molecule has 0 fully saturated rings. The molecule has 2 aromatic rings. The summed E-state index contributed by atoms with van der Waals surface area (Å²) in [4.78, 5) is 30.1. The number of aromatic nitrogens is 3. The Bertz CT molecular complexity index is 677. The molecule has 122 valence electrons. The van der Waals surface area contributed by atoms with Crippen LogP contribution >= 0.6 is 0 Å². The molecule has 0 aliphatic rings. The number of anilines is 1. The number of methoxy groups -OCH3 is 1. The molecule has 0 bridgehead atoms. The normalized spacial score (nSPS) is 11.8. The number of carbonyl (C=O) groups is 2. The number of esters is 1. The largest absolute Gasteiger partial charge is 0.467 e. The average molecular weight is 316 g/mol. The first-order valence-corrected chi connectivity index (χ1v) is 7.24. The minimum atomic E-state index is -0.740. The Labute approximate surface area is 134 Å². The zero-order valence-corrected chi connectivity index (χ0v) is 13.7. The van der Waals surface area contributed by atoms with Crippen molar-refractivity contribution in [3.8, 4) is 0 Å². The van der Waals surface area contributed by atoms with Gasteiger partial charge in [-0.3, -0.25) is 9.69 Å². The van der Waals surface area contributed by atoms with E-state index in [1.807, 2.05) is 32.0 Å². The summed E-state index contributed by atoms with van der Waals surface area (Å²) >= 11 is 0. The van der Waals surface area contributed by atoms with Gasteiger partial charge in [0.05, 0.1) is 12.8 Å². The Kier molecular flexibility index (Phi) is 5.10. The monoisotopic (exact) mass is 316 g/mol. The summed E-state index contributed by atoms with van der Waals surface area (Å²) in [5.41, 5.74) is 2.54. The third-order valence-corrected chi connectivity index (χ3v) is 3.64. The van der Waals surface area contributed by atoms with Gasteiger partial charge in [0, 0.05) is 0 Å². The number of ether oxygens (including phenoxy) is 1. The quantitative estimate of drug-likeness (QED) is 0.781. The van der Waals surface area contributed by atoms with Crippen molar-refractivity contribution in [2.24, 2.45) is 0 Å². The van der Waals surface area contributed by atoms with Crippen molar-refractivity contribution in [1.29, 1.82) is 0 Å². The Morgan fingerprint density at radius 1 is 1.30 bits per heavy atom. The van der Waals surface area contributed by atoms with Crippen molar-refractivity contribution in [2.45, 2.75) is 33.4 Å². The maximum absolute atomic E-state index is 12.8. The average Bonchev–Trinajstić information content (AvgIpc) is 3.02. The number of amides is 1. The van der Waals surface area contributed by atoms with Gasteiger partial charge in [0.15, 0.2) is 0 Å². The minimum Gasteiger partial charge on any atom is -0.467 e. The van der Waals surface area contributed by atoms with Gasteiger partial charge in [0.2, 0.25) is 5.91 Å². The molecule has 0 saturated carbocycles. The Hall–Kier alpha value is -2.70. The van der Waals surface area contributed by atoms with E-state index in [4.69, 9.17) is 4.74 Å². The molecular formula is C16H20N4O3. The number of hydrogen-bond donors (Lipinski definition) is 0. The van der Waals surface area contributed by atoms with Crippen molar-refractivity contribution in [3.05, 3.63) is 42.0 Å². The molecule has 1 heterocycles. The van der Waals surface area contributed by atoms with Crippen LogP contribution in [0.25, 0.3) is 0 Å². The lowest BCUT2D eigenvalue weighted by Gasteiger charge is -2.30. The van der Waals surface area contributed by atoms with E-state index in [0.717, 1.165) is 16.8 Å². The van der Waals surface area contributed by atoms with Gasteiger partial charge in [-0.05, 0) is 31.9 Å². The number of nitrogens with zero attached hydrogens (tertiary/aromatic N) is 4. The first-order chi connectivity index (χ1) is 11.0. The van der Waals surface area contributed by atoms with E-state index in [2.05, 4.69) is 10.1 Å². The molecule has 1 atom stereocenters. The lowest BCUT2D eigenvalue weighted by Crippen LogP contribution is -2.46. The topological polar surface area (TPSA) is 77.3 Å². The summed E-state index contributed by atoms with van der Waals surface area (Å²) in [5, 5.41) is 3.94. The fourth-order valence-corrected chi connectivity index (χ4v) is 2.53. The fourth-order valence-electron chi connectivity index (χ4n) is 2.53. The number of rotatable bonds is 5. The predicted molar refractivity (Wildman–Crippen MR) is 84.9 cm³/mol. The summed E-state index contributed by atoms with van der Waals surface area (Å²) in [6, 6.07) is 4.98. The zero-order chi connectivity index (χ0) is 17.0. The Morgan fingerprint density at radius 2 is 1.96 bits per heavy atom. The number of benzene rings is 1. The SMILES string of the molecule is COC(=O)C(C)N(C(=O)Cn1cncn1)c1c(C)cccc1C. The Morgan fingerprint density at radius 3 is 2.48 bits per heavy atom. The van der Waals surface area contributed by atoms with Crippen molar-refractivity contribution in [2.75, 3.05) is 12.0 Å². The molecule has 0 saturated heterocycles. The van der Waals surface area contributed by atoms with Crippen LogP contribution in [0.4, 0.5) is 5.69 Å². The van der Waals surface area contributed by atoms with Crippen molar-refractivity contribution in [1.82, 2.24) is 14.8 Å². The second-order valence-electron chi connectivity index (χ2n) is 5.30. The van der Waals surface area contributed by atoms with Crippen LogP contribution in [0, 0.1) is 13.8 Å². The van der Waals surface area contributed by atoms with E-state index in [-0.39, 0.29) is 12.5 Å². The molecule has 0 aliphatic heterocycles. The van der Waals surface area contributed by atoms with Crippen LogP contribution in [0.5, 0.6) is 0 Å². The molecule has 23 heavy (non-hydrogen) atoms. The van der Waals surface area contributed by atoms with Gasteiger partial charge in [-0.1, -0.05) is 18.2 Å². The first-order valence-electron chi connectivity index (χ1n) is 7.24. The molecule has 1 unspecified atom stereocenters. The fraction of sp³-hybridized carbons (Fsp3) is 0.375. The van der Waals surface area contributed by atoms with Gasteiger partial charge in [0.1, 0.15) is 25.2 Å². The van der Waals surface area contributed by atoms with Crippen LogP contribution in [-0.2, 0) is 20.9 Å². The second kappa shape index (κ2) is 7.04. The van der Waals surface area contributed by atoms with Crippen molar-refractivity contribution >= 4 is 17.6 Å². The molecule has 1 aromatic carbocycles. The van der Waals surface area contributed by atoms with E-state index >= 15 is 0 Å². The van der Waals surface area contributed by atoms with Gasteiger partial charge in [-0.25, -0.2) is 14.5 Å². The van der Waals surface area contributed by atoms with Crippen LogP contribution in [0.2, 0.25) is 0 Å². The van der Waals surface area contributed by atoms with E-state index in [0.29, 0.717) is 0 Å². The van der Waals surface area contributed by atoms with Crippen LogP contribution in [0.15, 0.2) is 30.9 Å². The molecule has 2 rings (SSSR count).